The Morgan fingerprint density at radius 2 is 1.71 bits per heavy atom. The first-order valence-corrected chi connectivity index (χ1v) is 11.8. The molecule has 9 nitrogen and oxygen atoms in total. The third kappa shape index (κ3) is 4.93. The Morgan fingerprint density at radius 3 is 2.38 bits per heavy atom. The van der Waals surface area contributed by atoms with Crippen LogP contribution < -0.4 is 9.80 Å². The van der Waals surface area contributed by atoms with Gasteiger partial charge in [-0.3, -0.25) is 0 Å². The van der Waals surface area contributed by atoms with Crippen molar-refractivity contribution in [2.45, 2.75) is 25.2 Å². The summed E-state index contributed by atoms with van der Waals surface area (Å²) in [6.07, 6.45) is 1.27. The van der Waals surface area contributed by atoms with Crippen molar-refractivity contribution in [2.75, 3.05) is 62.3 Å². The molecule has 0 aliphatic carbocycles. The molecule has 1 amide bonds. The molecule has 3 fully saturated rings. The molecule has 0 atom stereocenters. The van der Waals surface area contributed by atoms with Gasteiger partial charge in [0.25, 0.3) is 0 Å². The molecule has 3 saturated heterocycles. The molecule has 0 bridgehead atoms. The lowest BCUT2D eigenvalue weighted by Crippen LogP contribution is -2.49. The summed E-state index contributed by atoms with van der Waals surface area (Å²) in [5.74, 6) is 0.351. The van der Waals surface area contributed by atoms with E-state index in [4.69, 9.17) is 14.2 Å². The molecule has 1 aromatic heterocycles. The van der Waals surface area contributed by atoms with Gasteiger partial charge in [0.2, 0.25) is 0 Å². The number of anilines is 2. The van der Waals surface area contributed by atoms with E-state index < -0.39 is 5.79 Å². The topological polar surface area (TPSA) is 91.2 Å². The normalized spacial score (nSPS) is 19.8. The van der Waals surface area contributed by atoms with E-state index in [0.717, 1.165) is 43.0 Å². The highest BCUT2D eigenvalue weighted by Crippen LogP contribution is 2.34. The Hall–Kier alpha value is -3.35. The number of aromatic nitrogens is 1. The number of pyridine rings is 1. The number of ether oxygens (including phenoxy) is 3. The number of amides is 1. The SMILES string of the molecule is N#Cc1cc(N2CCN(C(=O)OCc3ccccc3)CC2)cc(N2CCC3(CC2)OCCO3)n1. The lowest BCUT2D eigenvalue weighted by atomic mass is 10.0. The Labute approximate surface area is 199 Å². The van der Waals surface area contributed by atoms with E-state index in [2.05, 4.69) is 20.9 Å². The van der Waals surface area contributed by atoms with Gasteiger partial charge in [-0.05, 0) is 11.6 Å². The van der Waals surface area contributed by atoms with Crippen molar-refractivity contribution < 1.29 is 19.0 Å². The highest BCUT2D eigenvalue weighted by Gasteiger charge is 2.40. The average molecular weight is 464 g/mol. The Morgan fingerprint density at radius 1 is 1.00 bits per heavy atom. The first-order valence-electron chi connectivity index (χ1n) is 11.8. The van der Waals surface area contributed by atoms with Crippen molar-refractivity contribution in [3.05, 3.63) is 53.7 Å². The molecular formula is C25H29N5O4. The van der Waals surface area contributed by atoms with Crippen molar-refractivity contribution in [1.29, 1.82) is 5.26 Å². The van der Waals surface area contributed by atoms with E-state index in [1.54, 1.807) is 4.90 Å². The maximum Gasteiger partial charge on any atom is 0.410 e. The van der Waals surface area contributed by atoms with Gasteiger partial charge in [-0.25, -0.2) is 9.78 Å². The molecule has 1 spiro atoms. The van der Waals surface area contributed by atoms with Crippen molar-refractivity contribution in [3.8, 4) is 6.07 Å². The Balaban J connectivity index is 1.19. The summed E-state index contributed by atoms with van der Waals surface area (Å²) >= 11 is 0. The zero-order valence-corrected chi connectivity index (χ0v) is 19.2. The second-order valence-corrected chi connectivity index (χ2v) is 8.79. The zero-order chi connectivity index (χ0) is 23.4. The number of rotatable bonds is 4. The van der Waals surface area contributed by atoms with E-state index in [9.17, 15) is 10.1 Å². The first kappa shape index (κ1) is 22.4. The van der Waals surface area contributed by atoms with Gasteiger partial charge in [0.1, 0.15) is 24.2 Å². The van der Waals surface area contributed by atoms with Crippen LogP contribution in [0.2, 0.25) is 0 Å². The van der Waals surface area contributed by atoms with Crippen LogP contribution in [-0.4, -0.2) is 74.2 Å². The standard InChI is InChI=1S/C25H29N5O4/c26-18-21-16-22(17-23(27-21)29-8-6-25(7-9-29)33-14-15-34-25)28-10-12-30(13-11-28)24(31)32-19-20-4-2-1-3-5-20/h1-5,16-17H,6-15,19H2. The maximum atomic E-state index is 12.5. The molecule has 3 aliphatic heterocycles. The largest absolute Gasteiger partial charge is 0.445 e. The minimum Gasteiger partial charge on any atom is -0.445 e. The summed E-state index contributed by atoms with van der Waals surface area (Å²) < 4.78 is 17.1. The number of benzene rings is 1. The molecule has 9 heteroatoms. The summed E-state index contributed by atoms with van der Waals surface area (Å²) in [7, 11) is 0. The van der Waals surface area contributed by atoms with Crippen LogP contribution in [0.25, 0.3) is 0 Å². The number of piperazine rings is 1. The minimum atomic E-state index is -0.447. The third-order valence-corrected chi connectivity index (χ3v) is 6.68. The summed E-state index contributed by atoms with van der Waals surface area (Å²) in [5, 5.41) is 9.56. The first-order chi connectivity index (χ1) is 16.6. The van der Waals surface area contributed by atoms with Crippen LogP contribution in [0, 0.1) is 11.3 Å². The second-order valence-electron chi connectivity index (χ2n) is 8.79. The van der Waals surface area contributed by atoms with Gasteiger partial charge in [-0.2, -0.15) is 5.26 Å². The van der Waals surface area contributed by atoms with Gasteiger partial charge >= 0.3 is 6.09 Å². The fraction of sp³-hybridized carbons (Fsp3) is 0.480. The maximum absolute atomic E-state index is 12.5. The fourth-order valence-corrected chi connectivity index (χ4v) is 4.72. The lowest BCUT2D eigenvalue weighted by molar-refractivity contribution is -0.169. The van der Waals surface area contributed by atoms with Gasteiger partial charge in [0.05, 0.1) is 13.2 Å². The second kappa shape index (κ2) is 9.87. The van der Waals surface area contributed by atoms with Gasteiger partial charge in [-0.15, -0.1) is 0 Å². The molecule has 0 N–H and O–H groups in total. The summed E-state index contributed by atoms with van der Waals surface area (Å²) in [5.41, 5.74) is 2.32. The van der Waals surface area contributed by atoms with Crippen molar-refractivity contribution in [3.63, 3.8) is 0 Å². The summed E-state index contributed by atoms with van der Waals surface area (Å²) in [4.78, 5) is 23.2. The molecule has 2 aromatic rings. The van der Waals surface area contributed by atoms with Crippen molar-refractivity contribution in [2.24, 2.45) is 0 Å². The quantitative estimate of drug-likeness (QED) is 0.684. The monoisotopic (exact) mass is 463 g/mol. The lowest BCUT2D eigenvalue weighted by Gasteiger charge is -2.39. The summed E-state index contributed by atoms with van der Waals surface area (Å²) in [6, 6.07) is 15.7. The highest BCUT2D eigenvalue weighted by atomic mass is 16.7. The van der Waals surface area contributed by atoms with Crippen LogP contribution in [0.4, 0.5) is 16.3 Å². The Bertz CT molecular complexity index is 1030. The van der Waals surface area contributed by atoms with Gasteiger partial charge in [0, 0.05) is 63.9 Å². The number of hydrogen-bond donors (Lipinski definition) is 0. The molecule has 1 aromatic carbocycles. The molecule has 3 aliphatic rings. The molecular weight excluding hydrogens is 434 g/mol. The molecule has 0 unspecified atom stereocenters. The van der Waals surface area contributed by atoms with Crippen LogP contribution in [0.15, 0.2) is 42.5 Å². The van der Waals surface area contributed by atoms with Gasteiger partial charge < -0.3 is 28.9 Å². The number of piperidine rings is 1. The van der Waals surface area contributed by atoms with Gasteiger partial charge in [-0.1, -0.05) is 30.3 Å². The van der Waals surface area contributed by atoms with Crippen LogP contribution in [0.5, 0.6) is 0 Å². The minimum absolute atomic E-state index is 0.270. The average Bonchev–Trinajstić information content (AvgIpc) is 3.35. The number of carbonyl (C=O) groups is 1. The van der Waals surface area contributed by atoms with Gasteiger partial charge in [0.15, 0.2) is 5.79 Å². The molecule has 4 heterocycles. The summed E-state index contributed by atoms with van der Waals surface area (Å²) in [6.45, 7) is 5.56. The predicted molar refractivity (Wildman–Crippen MR) is 125 cm³/mol. The smallest absolute Gasteiger partial charge is 0.410 e. The predicted octanol–water partition coefficient (Wildman–Crippen LogP) is 2.76. The fourth-order valence-electron chi connectivity index (χ4n) is 4.72. The van der Waals surface area contributed by atoms with Crippen LogP contribution >= 0.6 is 0 Å². The van der Waals surface area contributed by atoms with Crippen molar-refractivity contribution in [1.82, 2.24) is 9.88 Å². The molecule has 5 rings (SSSR count). The van der Waals surface area contributed by atoms with E-state index in [-0.39, 0.29) is 12.7 Å². The molecule has 0 radical (unpaired) electrons. The number of carbonyl (C=O) groups excluding carboxylic acids is 1. The van der Waals surface area contributed by atoms with Crippen LogP contribution in [0.3, 0.4) is 0 Å². The van der Waals surface area contributed by atoms with Crippen molar-refractivity contribution >= 4 is 17.6 Å². The zero-order valence-electron chi connectivity index (χ0n) is 19.2. The number of nitriles is 1. The van der Waals surface area contributed by atoms with Crippen LogP contribution in [0.1, 0.15) is 24.1 Å². The molecule has 34 heavy (non-hydrogen) atoms. The highest BCUT2D eigenvalue weighted by molar-refractivity contribution is 5.68. The van der Waals surface area contributed by atoms with E-state index in [0.29, 0.717) is 45.1 Å². The third-order valence-electron chi connectivity index (χ3n) is 6.68. The van der Waals surface area contributed by atoms with E-state index in [1.807, 2.05) is 42.5 Å². The number of nitrogens with zero attached hydrogens (tertiary/aromatic N) is 5. The molecule has 178 valence electrons. The van der Waals surface area contributed by atoms with E-state index >= 15 is 0 Å². The number of hydrogen-bond acceptors (Lipinski definition) is 8. The Kier molecular flexibility index (Phi) is 6.52. The molecule has 0 saturated carbocycles. The van der Waals surface area contributed by atoms with Crippen LogP contribution in [-0.2, 0) is 20.8 Å². The van der Waals surface area contributed by atoms with E-state index in [1.165, 1.54) is 0 Å².